The van der Waals surface area contributed by atoms with Gasteiger partial charge in [-0.15, -0.1) is 6.58 Å². The van der Waals surface area contributed by atoms with Crippen LogP contribution in [0.2, 0.25) is 5.02 Å². The van der Waals surface area contributed by atoms with E-state index in [4.69, 9.17) is 35.5 Å². The zero-order chi connectivity index (χ0) is 40.2. The molecule has 15 heteroatoms. The van der Waals surface area contributed by atoms with Gasteiger partial charge in [0.1, 0.15) is 53.0 Å². The summed E-state index contributed by atoms with van der Waals surface area (Å²) in [5.74, 6) is -0.186. The van der Waals surface area contributed by atoms with E-state index in [1.54, 1.807) is 6.07 Å². The Balaban J connectivity index is 1.04. The number of alkyl carbamates (subject to hydrolysis) is 1. The molecule has 4 aliphatic carbocycles. The quantitative estimate of drug-likeness (QED) is 0.222. The monoisotopic (exact) mass is 807 g/mol. The fourth-order valence-corrected chi connectivity index (χ4v) is 9.14. The second-order valence-electron chi connectivity index (χ2n) is 17.9. The first-order chi connectivity index (χ1) is 27.2. The minimum atomic E-state index is -1.50. The topological polar surface area (TPSA) is 169 Å². The smallest absolute Gasteiger partial charge is 0.408 e. The summed E-state index contributed by atoms with van der Waals surface area (Å²) in [6.45, 7) is 13.6. The summed E-state index contributed by atoms with van der Waals surface area (Å²) in [5, 5.41) is 16.7. The molecule has 4 saturated carbocycles. The van der Waals surface area contributed by atoms with Crippen molar-refractivity contribution in [1.29, 1.82) is 0 Å². The van der Waals surface area contributed by atoms with Crippen LogP contribution in [0.15, 0.2) is 30.9 Å². The van der Waals surface area contributed by atoms with Gasteiger partial charge in [-0.2, -0.15) is 0 Å². The lowest BCUT2D eigenvalue weighted by Crippen LogP contribution is -2.59. The molecule has 57 heavy (non-hydrogen) atoms. The number of pyridine rings is 1. The Morgan fingerprint density at radius 1 is 1.09 bits per heavy atom. The summed E-state index contributed by atoms with van der Waals surface area (Å²) < 4.78 is 24.1. The number of halogens is 1. The highest BCUT2D eigenvalue weighted by atomic mass is 35.5. The molecule has 8 rings (SSSR count). The second-order valence-corrected chi connectivity index (χ2v) is 18.3. The lowest BCUT2D eigenvalue weighted by atomic mass is 9.85. The number of rotatable bonds is 14. The molecule has 3 heterocycles. The fourth-order valence-electron chi connectivity index (χ4n) is 8.88. The first-order valence-corrected chi connectivity index (χ1v) is 20.8. The number of carbonyl (C=O) groups excluding carboxylic acids is 3. The van der Waals surface area contributed by atoms with E-state index in [9.17, 15) is 24.3 Å². The van der Waals surface area contributed by atoms with Gasteiger partial charge in [-0.1, -0.05) is 38.4 Å². The number of carbonyl (C=O) groups is 4. The van der Waals surface area contributed by atoms with Crippen molar-refractivity contribution in [2.75, 3.05) is 46.0 Å². The van der Waals surface area contributed by atoms with Crippen molar-refractivity contribution in [3.05, 3.63) is 41.6 Å². The molecule has 2 saturated heterocycles. The van der Waals surface area contributed by atoms with Gasteiger partial charge >= 0.3 is 12.1 Å². The van der Waals surface area contributed by atoms with Gasteiger partial charge in [0, 0.05) is 55.0 Å². The molecule has 2 aliphatic heterocycles. The number of benzene rings is 1. The number of nitrogens with zero attached hydrogens (tertiary/aromatic N) is 3. The predicted molar refractivity (Wildman–Crippen MR) is 210 cm³/mol. The molecule has 6 aliphatic rings. The first kappa shape index (κ1) is 39.7. The zero-order valence-corrected chi connectivity index (χ0v) is 33.7. The molecule has 3 N–H and O–H groups in total. The molecular formula is C42H54ClN5O9. The number of aliphatic carboxylic acids is 1. The SMILES string of the molecule is C=C[C@@H]1C[C@]1(NC(=O)[C@@H]1C[C@@H](Oc2cc(C3CC3)nc3c(Cl)c(OCCN4CCOCC4)ccc23)CN1C(=O)[C@@H](NC(=O)OC1C[C@@H]2C[C@@H]2C1)C(C)(C)C)C(=O)O. The van der Waals surface area contributed by atoms with Crippen LogP contribution in [0.3, 0.4) is 0 Å². The van der Waals surface area contributed by atoms with Crippen LogP contribution < -0.4 is 20.1 Å². The van der Waals surface area contributed by atoms with Crippen molar-refractivity contribution in [2.24, 2.45) is 23.2 Å². The first-order valence-electron chi connectivity index (χ1n) is 20.4. The molecular weight excluding hydrogens is 754 g/mol. The Hall–Kier alpha value is -4.14. The molecule has 8 atom stereocenters. The third-order valence-corrected chi connectivity index (χ3v) is 13.0. The normalized spacial score (nSPS) is 29.9. The molecule has 308 valence electrons. The summed E-state index contributed by atoms with van der Waals surface area (Å²) in [6.07, 6.45) is 5.10. The molecule has 3 amide bonds. The number of likely N-dealkylation sites (tertiary alicyclic amines) is 1. The molecule has 0 spiro atoms. The maximum Gasteiger partial charge on any atom is 0.408 e. The van der Waals surface area contributed by atoms with Gasteiger partial charge in [-0.05, 0) is 67.9 Å². The standard InChI is InChI=1S/C42H54ClN5O9/c1-5-26-21-42(26,39(51)52)46-37(49)31-19-28(22-48(31)38(50)36(41(2,3)4)45-40(53)57-27-17-24-16-25(24)18-27)56-33-20-30(23-6-7-23)44-35-29(33)8-9-32(34(35)43)55-15-12-47-10-13-54-14-11-47/h5,8-9,20,23-28,31,36H,1,6-7,10-19,21-22H2,2-4H3,(H,45,53)(H,46,49)(H,51,52)/t24-,25+,26-,27?,28-,31+,36-,42-/m1/s1. The average molecular weight is 808 g/mol. The minimum Gasteiger partial charge on any atom is -0.491 e. The highest BCUT2D eigenvalue weighted by Gasteiger charge is 2.61. The molecule has 0 bridgehead atoms. The Bertz CT molecular complexity index is 1920. The van der Waals surface area contributed by atoms with E-state index >= 15 is 0 Å². The number of hydrogen-bond acceptors (Lipinski definition) is 10. The number of fused-ring (bicyclic) bond motifs is 2. The molecule has 1 aromatic carbocycles. The number of carboxylic acids is 1. The summed E-state index contributed by atoms with van der Waals surface area (Å²) in [4.78, 5) is 63.1. The summed E-state index contributed by atoms with van der Waals surface area (Å²) in [5.41, 5.74) is -0.880. The largest absolute Gasteiger partial charge is 0.491 e. The lowest BCUT2D eigenvalue weighted by molar-refractivity contribution is -0.146. The number of morpholine rings is 1. The highest BCUT2D eigenvalue weighted by Crippen LogP contribution is 2.52. The van der Waals surface area contributed by atoms with E-state index in [0.717, 1.165) is 51.0 Å². The van der Waals surface area contributed by atoms with Gasteiger partial charge in [-0.25, -0.2) is 9.59 Å². The predicted octanol–water partition coefficient (Wildman–Crippen LogP) is 4.91. The van der Waals surface area contributed by atoms with Gasteiger partial charge in [-0.3, -0.25) is 19.5 Å². The van der Waals surface area contributed by atoms with Crippen molar-refractivity contribution in [2.45, 2.75) is 101 Å². The van der Waals surface area contributed by atoms with Crippen molar-refractivity contribution in [1.82, 2.24) is 25.4 Å². The molecule has 2 aromatic rings. The van der Waals surface area contributed by atoms with Crippen LogP contribution in [-0.4, -0.2) is 120 Å². The third-order valence-electron chi connectivity index (χ3n) is 12.6. The minimum absolute atomic E-state index is 0.0101. The van der Waals surface area contributed by atoms with Gasteiger partial charge < -0.3 is 39.6 Å². The van der Waals surface area contributed by atoms with Crippen molar-refractivity contribution in [3.63, 3.8) is 0 Å². The Kier molecular flexibility index (Phi) is 10.8. The van der Waals surface area contributed by atoms with E-state index in [1.807, 2.05) is 32.9 Å². The van der Waals surface area contributed by atoms with Crippen LogP contribution in [0.25, 0.3) is 10.9 Å². The van der Waals surface area contributed by atoms with Crippen LogP contribution in [0.1, 0.15) is 77.3 Å². The number of carboxylic acid groups (broad SMARTS) is 1. The van der Waals surface area contributed by atoms with E-state index in [1.165, 1.54) is 17.4 Å². The molecule has 6 fully saturated rings. The van der Waals surface area contributed by atoms with Crippen molar-refractivity contribution < 1.29 is 43.2 Å². The molecule has 14 nitrogen and oxygen atoms in total. The Morgan fingerprint density at radius 2 is 1.82 bits per heavy atom. The summed E-state index contributed by atoms with van der Waals surface area (Å²) in [7, 11) is 0. The second kappa shape index (κ2) is 15.6. The van der Waals surface area contributed by atoms with Gasteiger partial charge in [0.15, 0.2) is 0 Å². The van der Waals surface area contributed by atoms with E-state index < -0.39 is 58.9 Å². The van der Waals surface area contributed by atoms with Gasteiger partial charge in [0.25, 0.3) is 0 Å². The maximum atomic E-state index is 14.6. The van der Waals surface area contributed by atoms with Crippen molar-refractivity contribution >= 4 is 46.4 Å². The average Bonchev–Trinajstić information content (AvgIpc) is 4.14. The Morgan fingerprint density at radius 3 is 2.47 bits per heavy atom. The number of hydrogen-bond donors (Lipinski definition) is 3. The van der Waals surface area contributed by atoms with Crippen LogP contribution in [0.5, 0.6) is 11.5 Å². The van der Waals surface area contributed by atoms with Gasteiger partial charge in [0.2, 0.25) is 11.8 Å². The fraction of sp³-hybridized carbons (Fsp3) is 0.643. The zero-order valence-electron chi connectivity index (χ0n) is 33.0. The number of aromatic nitrogens is 1. The summed E-state index contributed by atoms with van der Waals surface area (Å²) in [6, 6.07) is 3.45. The van der Waals surface area contributed by atoms with Crippen LogP contribution in [-0.2, 0) is 23.9 Å². The highest BCUT2D eigenvalue weighted by molar-refractivity contribution is 6.36. The van der Waals surface area contributed by atoms with E-state index in [-0.39, 0.29) is 31.4 Å². The number of amides is 3. The maximum absolute atomic E-state index is 14.6. The number of nitrogens with one attached hydrogen (secondary N) is 2. The van der Waals surface area contributed by atoms with E-state index in [0.29, 0.717) is 59.1 Å². The van der Waals surface area contributed by atoms with E-state index in [2.05, 4.69) is 22.1 Å². The summed E-state index contributed by atoms with van der Waals surface area (Å²) >= 11 is 6.99. The molecule has 0 radical (unpaired) electrons. The van der Waals surface area contributed by atoms with Gasteiger partial charge in [0.05, 0.1) is 25.3 Å². The third kappa shape index (κ3) is 8.40. The van der Waals surface area contributed by atoms with Crippen LogP contribution >= 0.6 is 11.6 Å². The van der Waals surface area contributed by atoms with Crippen LogP contribution in [0.4, 0.5) is 4.79 Å². The van der Waals surface area contributed by atoms with Crippen LogP contribution in [0, 0.1) is 23.2 Å². The van der Waals surface area contributed by atoms with Crippen molar-refractivity contribution in [3.8, 4) is 11.5 Å². The molecule has 1 aromatic heterocycles. The Labute approximate surface area is 337 Å². The molecule has 1 unspecified atom stereocenters. The number of ether oxygens (including phenoxy) is 4. The lowest BCUT2D eigenvalue weighted by Gasteiger charge is -2.35.